The van der Waals surface area contributed by atoms with Crippen molar-refractivity contribution < 1.29 is 19.1 Å². The molecule has 1 aromatic rings. The number of nitro groups is 1. The average molecular weight is 257 g/mol. The summed E-state index contributed by atoms with van der Waals surface area (Å²) in [5.41, 5.74) is 0.137. The van der Waals surface area contributed by atoms with Crippen LogP contribution in [-0.4, -0.2) is 45.6 Å². The van der Waals surface area contributed by atoms with E-state index < -0.39 is 4.92 Å². The van der Waals surface area contributed by atoms with Crippen LogP contribution in [0.2, 0.25) is 0 Å². The van der Waals surface area contributed by atoms with E-state index in [0.29, 0.717) is 26.4 Å². The highest BCUT2D eigenvalue weighted by atomic mass is 16.6. The molecule has 0 saturated carbocycles. The number of benzene rings is 1. The molecule has 102 valence electrons. The lowest BCUT2D eigenvalue weighted by molar-refractivity contribution is -0.384. The van der Waals surface area contributed by atoms with Crippen LogP contribution < -0.4 is 0 Å². The quantitative estimate of drug-likeness (QED) is 0.424. The largest absolute Gasteiger partial charge is 0.382 e. The summed E-state index contributed by atoms with van der Waals surface area (Å²) in [4.78, 5) is 9.59. The second kappa shape index (κ2) is 12.0. The maximum Gasteiger partial charge on any atom is 0.269 e. The van der Waals surface area contributed by atoms with Crippen molar-refractivity contribution in [3.63, 3.8) is 0 Å². The van der Waals surface area contributed by atoms with E-state index >= 15 is 0 Å². The van der Waals surface area contributed by atoms with Crippen molar-refractivity contribution in [3.8, 4) is 0 Å². The molecule has 18 heavy (non-hydrogen) atoms. The maximum atomic E-state index is 10.0. The molecule has 0 atom stereocenters. The highest BCUT2D eigenvalue weighted by Crippen LogP contribution is 2.06. The Kier molecular flexibility index (Phi) is 11.0. The second-order valence-electron chi connectivity index (χ2n) is 3.19. The van der Waals surface area contributed by atoms with Gasteiger partial charge >= 0.3 is 0 Å². The minimum Gasteiger partial charge on any atom is -0.382 e. The van der Waals surface area contributed by atoms with E-state index in [4.69, 9.17) is 14.2 Å². The van der Waals surface area contributed by atoms with E-state index in [2.05, 4.69) is 0 Å². The molecule has 0 aliphatic rings. The Morgan fingerprint density at radius 1 is 1.00 bits per heavy atom. The van der Waals surface area contributed by atoms with E-state index in [9.17, 15) is 10.1 Å². The summed E-state index contributed by atoms with van der Waals surface area (Å²) in [6.45, 7) is 2.62. The van der Waals surface area contributed by atoms with E-state index in [0.717, 1.165) is 0 Å². The summed E-state index contributed by atoms with van der Waals surface area (Å²) in [6.07, 6.45) is 0. The van der Waals surface area contributed by atoms with Crippen LogP contribution in [0.5, 0.6) is 0 Å². The Bertz CT molecular complexity index is 299. The van der Waals surface area contributed by atoms with Crippen LogP contribution in [0.1, 0.15) is 0 Å². The molecule has 0 bridgehead atoms. The van der Waals surface area contributed by atoms with Crippen LogP contribution in [0.25, 0.3) is 0 Å². The second-order valence-corrected chi connectivity index (χ2v) is 3.19. The van der Waals surface area contributed by atoms with E-state index in [1.54, 1.807) is 32.4 Å². The van der Waals surface area contributed by atoms with Gasteiger partial charge in [0.2, 0.25) is 0 Å². The van der Waals surface area contributed by atoms with Gasteiger partial charge in [-0.3, -0.25) is 10.1 Å². The summed E-state index contributed by atoms with van der Waals surface area (Å²) in [6, 6.07) is 7.93. The maximum absolute atomic E-state index is 10.0. The minimum absolute atomic E-state index is 0.137. The summed E-state index contributed by atoms with van der Waals surface area (Å²) in [7, 11) is 3.30. The number of nitrogens with zero attached hydrogens (tertiary/aromatic N) is 1. The Morgan fingerprint density at radius 2 is 1.50 bits per heavy atom. The molecule has 6 heteroatoms. The molecule has 0 radical (unpaired) electrons. The van der Waals surface area contributed by atoms with Crippen LogP contribution in [-0.2, 0) is 14.2 Å². The molecule has 0 aromatic heterocycles. The number of rotatable bonds is 7. The monoisotopic (exact) mass is 257 g/mol. The molecular formula is C12H19NO5. The Labute approximate surface area is 107 Å². The Balaban J connectivity index is 0.000000321. The van der Waals surface area contributed by atoms with Crippen molar-refractivity contribution in [2.75, 3.05) is 40.6 Å². The Morgan fingerprint density at radius 3 is 1.83 bits per heavy atom. The molecule has 0 aliphatic carbocycles. The molecule has 1 aromatic carbocycles. The highest BCUT2D eigenvalue weighted by Gasteiger charge is 1.98. The molecule has 0 N–H and O–H groups in total. The van der Waals surface area contributed by atoms with Crippen LogP contribution in [0.3, 0.4) is 0 Å². The molecule has 0 aliphatic heterocycles. The van der Waals surface area contributed by atoms with Crippen molar-refractivity contribution in [1.29, 1.82) is 0 Å². The van der Waals surface area contributed by atoms with Gasteiger partial charge in [0.15, 0.2) is 0 Å². The molecule has 6 nitrogen and oxygen atoms in total. The smallest absolute Gasteiger partial charge is 0.269 e. The number of non-ortho nitro benzene ring substituents is 1. The third-order valence-corrected chi connectivity index (χ3v) is 1.83. The SMILES string of the molecule is COCCOCCOC.O=[N+]([O-])c1ccccc1. The molecule has 1 rings (SSSR count). The van der Waals surface area contributed by atoms with Crippen LogP contribution in [0, 0.1) is 10.1 Å². The van der Waals surface area contributed by atoms with E-state index in [1.807, 2.05) is 0 Å². The van der Waals surface area contributed by atoms with Gasteiger partial charge < -0.3 is 14.2 Å². The zero-order valence-electron chi connectivity index (χ0n) is 10.7. The first-order chi connectivity index (χ1) is 8.72. The predicted octanol–water partition coefficient (Wildman–Crippen LogP) is 1.89. The first-order valence-corrected chi connectivity index (χ1v) is 5.47. The molecule has 0 amide bonds. The first kappa shape index (κ1) is 16.5. The average Bonchev–Trinajstić information content (AvgIpc) is 2.40. The number of hydrogen-bond acceptors (Lipinski definition) is 5. The van der Waals surface area contributed by atoms with Gasteiger partial charge in [0, 0.05) is 26.4 Å². The van der Waals surface area contributed by atoms with Gasteiger partial charge in [-0.05, 0) is 0 Å². The van der Waals surface area contributed by atoms with Gasteiger partial charge in [0.05, 0.1) is 31.4 Å². The number of ether oxygens (including phenoxy) is 3. The van der Waals surface area contributed by atoms with Gasteiger partial charge in [-0.1, -0.05) is 18.2 Å². The lowest BCUT2D eigenvalue weighted by atomic mass is 10.3. The number of methoxy groups -OCH3 is 2. The summed E-state index contributed by atoms with van der Waals surface area (Å²) in [5, 5.41) is 10.0. The zero-order chi connectivity index (χ0) is 13.6. The van der Waals surface area contributed by atoms with Gasteiger partial charge in [0.1, 0.15) is 0 Å². The van der Waals surface area contributed by atoms with Crippen LogP contribution in [0.15, 0.2) is 30.3 Å². The van der Waals surface area contributed by atoms with Crippen molar-refractivity contribution in [2.24, 2.45) is 0 Å². The molecule has 0 heterocycles. The topological polar surface area (TPSA) is 70.8 Å². The van der Waals surface area contributed by atoms with Crippen molar-refractivity contribution in [1.82, 2.24) is 0 Å². The van der Waals surface area contributed by atoms with Crippen molar-refractivity contribution in [3.05, 3.63) is 40.4 Å². The third-order valence-electron chi connectivity index (χ3n) is 1.83. The predicted molar refractivity (Wildman–Crippen MR) is 67.7 cm³/mol. The normalized spacial score (nSPS) is 9.44. The van der Waals surface area contributed by atoms with E-state index in [-0.39, 0.29) is 5.69 Å². The highest BCUT2D eigenvalue weighted by molar-refractivity contribution is 5.27. The van der Waals surface area contributed by atoms with Gasteiger partial charge in [-0.2, -0.15) is 0 Å². The Hall–Kier alpha value is -1.50. The first-order valence-electron chi connectivity index (χ1n) is 5.47. The lowest BCUT2D eigenvalue weighted by Crippen LogP contribution is -2.06. The minimum atomic E-state index is -0.417. The van der Waals surface area contributed by atoms with Crippen molar-refractivity contribution >= 4 is 5.69 Å². The molecule has 0 saturated heterocycles. The van der Waals surface area contributed by atoms with Gasteiger partial charge in [0.25, 0.3) is 5.69 Å². The fourth-order valence-electron chi connectivity index (χ4n) is 0.936. The zero-order valence-corrected chi connectivity index (χ0v) is 10.7. The van der Waals surface area contributed by atoms with Gasteiger partial charge in [-0.15, -0.1) is 0 Å². The third kappa shape index (κ3) is 9.71. The molecule has 0 spiro atoms. The number of hydrogen-bond donors (Lipinski definition) is 0. The lowest BCUT2D eigenvalue weighted by Gasteiger charge is -2.00. The molecular weight excluding hydrogens is 238 g/mol. The van der Waals surface area contributed by atoms with E-state index in [1.165, 1.54) is 12.1 Å². The fraction of sp³-hybridized carbons (Fsp3) is 0.500. The number of nitro benzene ring substituents is 1. The molecule has 0 unspecified atom stereocenters. The molecule has 0 fully saturated rings. The summed E-state index contributed by atoms with van der Waals surface area (Å²) >= 11 is 0. The number of para-hydroxylation sites is 1. The van der Waals surface area contributed by atoms with Crippen LogP contribution >= 0.6 is 0 Å². The van der Waals surface area contributed by atoms with Crippen molar-refractivity contribution in [2.45, 2.75) is 0 Å². The summed E-state index contributed by atoms with van der Waals surface area (Å²) in [5.74, 6) is 0. The van der Waals surface area contributed by atoms with Crippen LogP contribution in [0.4, 0.5) is 5.69 Å². The fourth-order valence-corrected chi connectivity index (χ4v) is 0.936. The summed E-state index contributed by atoms with van der Waals surface area (Å²) < 4.78 is 14.6. The van der Waals surface area contributed by atoms with Gasteiger partial charge in [-0.25, -0.2) is 0 Å². The standard InChI is InChI=1S/C6H5NO2.C6H14O3/c8-7(9)6-4-2-1-3-5-6;1-7-3-5-9-6-4-8-2/h1-5H;3-6H2,1-2H3.